The highest BCUT2D eigenvalue weighted by atomic mass is 16.5. The maximum atomic E-state index is 5.69. The number of ether oxygens (including phenoxy) is 1. The third-order valence-corrected chi connectivity index (χ3v) is 2.62. The molecule has 0 radical (unpaired) electrons. The molecular formula is C12H21NO. The van der Waals surface area contributed by atoms with Gasteiger partial charge in [-0.25, -0.2) is 0 Å². The van der Waals surface area contributed by atoms with Gasteiger partial charge in [0.1, 0.15) is 0 Å². The van der Waals surface area contributed by atoms with E-state index in [2.05, 4.69) is 18.2 Å². The lowest BCUT2D eigenvalue weighted by atomic mass is 10.2. The van der Waals surface area contributed by atoms with E-state index in [1.807, 2.05) is 0 Å². The molecule has 14 heavy (non-hydrogen) atoms. The van der Waals surface area contributed by atoms with Crippen LogP contribution in [-0.4, -0.2) is 25.3 Å². The van der Waals surface area contributed by atoms with Crippen LogP contribution >= 0.6 is 0 Å². The Morgan fingerprint density at radius 1 is 1.43 bits per heavy atom. The predicted octanol–water partition coefficient (Wildman–Crippen LogP) is 1.95. The number of terminal acetylenes is 1. The highest BCUT2D eigenvalue weighted by Crippen LogP contribution is 2.17. The second-order valence-corrected chi connectivity index (χ2v) is 4.01. The van der Waals surface area contributed by atoms with Gasteiger partial charge in [-0.15, -0.1) is 12.3 Å². The summed E-state index contributed by atoms with van der Waals surface area (Å²) in [6.45, 7) is 4.21. The summed E-state index contributed by atoms with van der Waals surface area (Å²) in [4.78, 5) is 0. The quantitative estimate of drug-likeness (QED) is 0.516. The largest absolute Gasteiger partial charge is 0.374 e. The fourth-order valence-corrected chi connectivity index (χ4v) is 1.78. The Balaban J connectivity index is 1.87. The molecule has 0 aliphatic carbocycles. The van der Waals surface area contributed by atoms with Gasteiger partial charge in [-0.05, 0) is 39.2 Å². The summed E-state index contributed by atoms with van der Waals surface area (Å²) in [6, 6.07) is 0. The summed E-state index contributed by atoms with van der Waals surface area (Å²) in [7, 11) is 0. The number of nitrogens with one attached hydrogen (secondary N) is 1. The molecule has 2 heteroatoms. The van der Waals surface area contributed by atoms with E-state index in [1.165, 1.54) is 19.3 Å². The van der Waals surface area contributed by atoms with Gasteiger partial charge in [0.2, 0.25) is 0 Å². The van der Waals surface area contributed by atoms with Gasteiger partial charge in [0.25, 0.3) is 0 Å². The smallest absolute Gasteiger partial charge is 0.0704 e. The van der Waals surface area contributed by atoms with E-state index in [9.17, 15) is 0 Å². The monoisotopic (exact) mass is 195 g/mol. The van der Waals surface area contributed by atoms with Crippen molar-refractivity contribution in [2.24, 2.45) is 0 Å². The SMILES string of the molecule is C#CCCCCNCC1CCC(C)O1. The Labute approximate surface area is 87.4 Å². The van der Waals surface area contributed by atoms with Crippen molar-refractivity contribution in [3.05, 3.63) is 0 Å². The zero-order valence-electron chi connectivity index (χ0n) is 9.09. The van der Waals surface area contributed by atoms with Gasteiger partial charge < -0.3 is 10.1 Å². The van der Waals surface area contributed by atoms with E-state index in [0.29, 0.717) is 12.2 Å². The van der Waals surface area contributed by atoms with Crippen molar-refractivity contribution in [1.29, 1.82) is 0 Å². The summed E-state index contributed by atoms with van der Waals surface area (Å²) < 4.78 is 5.69. The van der Waals surface area contributed by atoms with E-state index in [1.54, 1.807) is 0 Å². The Hall–Kier alpha value is -0.520. The van der Waals surface area contributed by atoms with Crippen LogP contribution in [0, 0.1) is 12.3 Å². The zero-order chi connectivity index (χ0) is 10.2. The zero-order valence-corrected chi connectivity index (χ0v) is 9.09. The fourth-order valence-electron chi connectivity index (χ4n) is 1.78. The number of hydrogen-bond acceptors (Lipinski definition) is 2. The molecule has 1 rings (SSSR count). The first kappa shape index (κ1) is 11.6. The Morgan fingerprint density at radius 3 is 2.93 bits per heavy atom. The molecule has 0 saturated carbocycles. The topological polar surface area (TPSA) is 21.3 Å². The van der Waals surface area contributed by atoms with Crippen molar-refractivity contribution in [3.8, 4) is 12.3 Å². The molecule has 1 aliphatic rings. The first-order chi connectivity index (χ1) is 6.83. The molecule has 0 bridgehead atoms. The first-order valence-electron chi connectivity index (χ1n) is 5.62. The summed E-state index contributed by atoms with van der Waals surface area (Å²) in [5.74, 6) is 2.65. The van der Waals surface area contributed by atoms with E-state index in [0.717, 1.165) is 25.9 Å². The molecule has 2 atom stereocenters. The minimum atomic E-state index is 0.442. The van der Waals surface area contributed by atoms with Crippen molar-refractivity contribution in [2.45, 2.75) is 51.2 Å². The van der Waals surface area contributed by atoms with Crippen LogP contribution in [0.3, 0.4) is 0 Å². The van der Waals surface area contributed by atoms with Crippen LogP contribution < -0.4 is 5.32 Å². The number of rotatable bonds is 6. The molecule has 0 aromatic carbocycles. The highest BCUT2D eigenvalue weighted by molar-refractivity contribution is 4.83. The minimum absolute atomic E-state index is 0.442. The maximum Gasteiger partial charge on any atom is 0.0704 e. The third kappa shape index (κ3) is 4.64. The molecule has 1 heterocycles. The summed E-state index contributed by atoms with van der Waals surface area (Å²) >= 11 is 0. The van der Waals surface area contributed by atoms with Crippen LogP contribution in [0.1, 0.15) is 39.0 Å². The van der Waals surface area contributed by atoms with Gasteiger partial charge in [0.15, 0.2) is 0 Å². The molecule has 0 aromatic heterocycles. The Morgan fingerprint density at radius 2 is 2.29 bits per heavy atom. The maximum absolute atomic E-state index is 5.69. The second kappa shape index (κ2) is 6.86. The number of hydrogen-bond donors (Lipinski definition) is 1. The van der Waals surface area contributed by atoms with E-state index in [4.69, 9.17) is 11.2 Å². The number of unbranched alkanes of at least 4 members (excludes halogenated alkanes) is 2. The van der Waals surface area contributed by atoms with Gasteiger partial charge in [-0.3, -0.25) is 0 Å². The molecule has 1 saturated heterocycles. The van der Waals surface area contributed by atoms with Crippen LogP contribution in [0.4, 0.5) is 0 Å². The molecule has 1 fully saturated rings. The summed E-state index contributed by atoms with van der Waals surface area (Å²) in [6.07, 6.45) is 11.7. The molecule has 80 valence electrons. The average molecular weight is 195 g/mol. The van der Waals surface area contributed by atoms with Crippen molar-refractivity contribution >= 4 is 0 Å². The van der Waals surface area contributed by atoms with Crippen molar-refractivity contribution in [1.82, 2.24) is 5.32 Å². The molecule has 0 aromatic rings. The normalized spacial score (nSPS) is 26.3. The molecule has 1 aliphatic heterocycles. The Kier molecular flexibility index (Phi) is 5.66. The van der Waals surface area contributed by atoms with E-state index < -0.39 is 0 Å². The summed E-state index contributed by atoms with van der Waals surface area (Å²) in [5.41, 5.74) is 0. The van der Waals surface area contributed by atoms with Gasteiger partial charge in [-0.2, -0.15) is 0 Å². The van der Waals surface area contributed by atoms with Crippen molar-refractivity contribution < 1.29 is 4.74 Å². The van der Waals surface area contributed by atoms with E-state index in [-0.39, 0.29) is 0 Å². The Bertz CT molecular complexity index is 185. The third-order valence-electron chi connectivity index (χ3n) is 2.62. The van der Waals surface area contributed by atoms with E-state index >= 15 is 0 Å². The van der Waals surface area contributed by atoms with Crippen LogP contribution in [0.15, 0.2) is 0 Å². The van der Waals surface area contributed by atoms with Gasteiger partial charge in [0.05, 0.1) is 12.2 Å². The fraction of sp³-hybridized carbons (Fsp3) is 0.833. The van der Waals surface area contributed by atoms with Gasteiger partial charge in [0, 0.05) is 13.0 Å². The molecular weight excluding hydrogens is 174 g/mol. The summed E-state index contributed by atoms with van der Waals surface area (Å²) in [5, 5.41) is 3.41. The molecule has 1 N–H and O–H groups in total. The average Bonchev–Trinajstić information content (AvgIpc) is 2.58. The second-order valence-electron chi connectivity index (χ2n) is 4.01. The molecule has 0 spiro atoms. The van der Waals surface area contributed by atoms with Crippen LogP contribution in [0.5, 0.6) is 0 Å². The molecule has 2 unspecified atom stereocenters. The van der Waals surface area contributed by atoms with Crippen molar-refractivity contribution in [3.63, 3.8) is 0 Å². The van der Waals surface area contributed by atoms with Gasteiger partial charge >= 0.3 is 0 Å². The van der Waals surface area contributed by atoms with Crippen LogP contribution in [0.2, 0.25) is 0 Å². The highest BCUT2D eigenvalue weighted by Gasteiger charge is 2.20. The van der Waals surface area contributed by atoms with Crippen LogP contribution in [0.25, 0.3) is 0 Å². The molecule has 2 nitrogen and oxygen atoms in total. The lowest BCUT2D eigenvalue weighted by Gasteiger charge is -2.11. The lowest BCUT2D eigenvalue weighted by Crippen LogP contribution is -2.27. The standard InChI is InChI=1S/C12H21NO/c1-3-4-5-6-9-13-10-12-8-7-11(2)14-12/h1,11-13H,4-10H2,2H3. The van der Waals surface area contributed by atoms with Crippen molar-refractivity contribution in [2.75, 3.05) is 13.1 Å². The van der Waals surface area contributed by atoms with Crippen LogP contribution in [-0.2, 0) is 4.74 Å². The minimum Gasteiger partial charge on any atom is -0.374 e. The molecule has 0 amide bonds. The predicted molar refractivity (Wildman–Crippen MR) is 59.1 cm³/mol. The first-order valence-corrected chi connectivity index (χ1v) is 5.62. The lowest BCUT2D eigenvalue weighted by molar-refractivity contribution is 0.0561. The van der Waals surface area contributed by atoms with Gasteiger partial charge in [-0.1, -0.05) is 0 Å².